The molecule has 2 rings (SSSR count). The maximum atomic E-state index is 11.5. The van der Waals surface area contributed by atoms with Gasteiger partial charge in [-0.25, -0.2) is 5.43 Å². The number of nitrogens with one attached hydrogen (secondary N) is 1. The minimum absolute atomic E-state index is 0.174. The lowest BCUT2D eigenvalue weighted by molar-refractivity contribution is -0.120. The van der Waals surface area contributed by atoms with E-state index < -0.39 is 5.92 Å². The van der Waals surface area contributed by atoms with E-state index in [1.165, 1.54) is 0 Å². The molecule has 1 atom stereocenters. The standard InChI is InChI=1S/C12H14N4O2/c1-18-8-11-10(12(17)16-15-11)7-13-6-9-4-2-3-5-14-9/h2-5,7,10H,6,8H2,1H3,(H,16,17)/t10-/m0/s1. The molecular weight excluding hydrogens is 232 g/mol. The molecular formula is C12H14N4O2. The summed E-state index contributed by atoms with van der Waals surface area (Å²) in [5.74, 6) is -0.611. The molecule has 0 aliphatic carbocycles. The third-order valence-electron chi connectivity index (χ3n) is 2.48. The number of aromatic nitrogens is 1. The van der Waals surface area contributed by atoms with Crippen LogP contribution in [0.2, 0.25) is 0 Å². The van der Waals surface area contributed by atoms with Gasteiger partial charge in [-0.15, -0.1) is 0 Å². The first-order chi connectivity index (χ1) is 8.81. The Bertz CT molecular complexity index is 470. The number of carbonyl (C=O) groups excluding carboxylic acids is 1. The van der Waals surface area contributed by atoms with Gasteiger partial charge in [0, 0.05) is 19.5 Å². The van der Waals surface area contributed by atoms with E-state index in [0.29, 0.717) is 18.9 Å². The predicted octanol–water partition coefficient (Wildman–Crippen LogP) is 0.401. The highest BCUT2D eigenvalue weighted by Crippen LogP contribution is 2.06. The van der Waals surface area contributed by atoms with Gasteiger partial charge in [0.2, 0.25) is 0 Å². The molecule has 1 aliphatic rings. The van der Waals surface area contributed by atoms with Gasteiger partial charge in [-0.05, 0) is 12.1 Å². The van der Waals surface area contributed by atoms with Crippen molar-refractivity contribution in [3.63, 3.8) is 0 Å². The van der Waals surface area contributed by atoms with Gasteiger partial charge in [0.25, 0.3) is 5.91 Å². The van der Waals surface area contributed by atoms with Crippen molar-refractivity contribution in [1.29, 1.82) is 0 Å². The molecule has 0 radical (unpaired) electrons. The Kier molecular flexibility index (Phi) is 4.14. The highest BCUT2D eigenvalue weighted by molar-refractivity contribution is 6.19. The van der Waals surface area contributed by atoms with Crippen molar-refractivity contribution in [1.82, 2.24) is 10.4 Å². The normalized spacial score (nSPS) is 19.1. The van der Waals surface area contributed by atoms with Gasteiger partial charge in [-0.1, -0.05) is 6.07 Å². The molecule has 6 nitrogen and oxygen atoms in total. The first-order valence-corrected chi connectivity index (χ1v) is 5.56. The average molecular weight is 246 g/mol. The molecule has 6 heteroatoms. The Morgan fingerprint density at radius 3 is 3.17 bits per heavy atom. The highest BCUT2D eigenvalue weighted by Gasteiger charge is 2.27. The minimum Gasteiger partial charge on any atom is -0.379 e. The second kappa shape index (κ2) is 6.02. The molecule has 0 saturated carbocycles. The lowest BCUT2D eigenvalue weighted by atomic mass is 10.1. The van der Waals surface area contributed by atoms with Crippen LogP contribution in [-0.2, 0) is 16.1 Å². The van der Waals surface area contributed by atoms with Crippen molar-refractivity contribution >= 4 is 17.8 Å². The van der Waals surface area contributed by atoms with Crippen LogP contribution < -0.4 is 5.43 Å². The summed E-state index contributed by atoms with van der Waals surface area (Å²) in [5.41, 5.74) is 3.92. The van der Waals surface area contributed by atoms with Crippen LogP contribution in [0.15, 0.2) is 34.5 Å². The zero-order chi connectivity index (χ0) is 12.8. The number of nitrogens with zero attached hydrogens (tertiary/aromatic N) is 3. The van der Waals surface area contributed by atoms with Crippen LogP contribution in [0, 0.1) is 5.92 Å². The van der Waals surface area contributed by atoms with Gasteiger partial charge in [-0.2, -0.15) is 5.10 Å². The number of hydrogen-bond donors (Lipinski definition) is 1. The molecule has 2 heterocycles. The van der Waals surface area contributed by atoms with E-state index >= 15 is 0 Å². The Hall–Kier alpha value is -2.08. The average Bonchev–Trinajstić information content (AvgIpc) is 2.73. The molecule has 1 aromatic rings. The SMILES string of the molecule is COCC1=NNC(=O)[C@H]1C=NCc1ccccn1. The first-order valence-electron chi connectivity index (χ1n) is 5.56. The van der Waals surface area contributed by atoms with Crippen LogP contribution in [0.3, 0.4) is 0 Å². The summed E-state index contributed by atoms with van der Waals surface area (Å²) in [5, 5.41) is 3.90. The third-order valence-corrected chi connectivity index (χ3v) is 2.48. The summed E-state index contributed by atoms with van der Waals surface area (Å²) in [7, 11) is 1.56. The van der Waals surface area contributed by atoms with E-state index in [1.54, 1.807) is 19.5 Å². The maximum Gasteiger partial charge on any atom is 0.254 e. The number of rotatable bonds is 5. The summed E-state index contributed by atoms with van der Waals surface area (Å²) >= 11 is 0. The second-order valence-corrected chi connectivity index (χ2v) is 3.80. The second-order valence-electron chi connectivity index (χ2n) is 3.80. The summed E-state index contributed by atoms with van der Waals surface area (Å²) in [6.07, 6.45) is 3.31. The van der Waals surface area contributed by atoms with E-state index in [9.17, 15) is 4.79 Å². The van der Waals surface area contributed by atoms with Gasteiger partial charge < -0.3 is 4.74 Å². The van der Waals surface area contributed by atoms with Crippen molar-refractivity contribution in [3.05, 3.63) is 30.1 Å². The fourth-order valence-electron chi connectivity index (χ4n) is 1.58. The van der Waals surface area contributed by atoms with Crippen molar-refractivity contribution in [3.8, 4) is 0 Å². The van der Waals surface area contributed by atoms with Crippen LogP contribution in [0.1, 0.15) is 5.69 Å². The Morgan fingerprint density at radius 2 is 2.44 bits per heavy atom. The monoisotopic (exact) mass is 246 g/mol. The Morgan fingerprint density at radius 1 is 1.56 bits per heavy atom. The molecule has 1 N–H and O–H groups in total. The van der Waals surface area contributed by atoms with Crippen LogP contribution in [0.4, 0.5) is 0 Å². The quantitative estimate of drug-likeness (QED) is 0.764. The number of amides is 1. The van der Waals surface area contributed by atoms with E-state index in [1.807, 2.05) is 18.2 Å². The fourth-order valence-corrected chi connectivity index (χ4v) is 1.58. The number of hydrogen-bond acceptors (Lipinski definition) is 5. The topological polar surface area (TPSA) is 75.9 Å². The molecule has 0 unspecified atom stereocenters. The smallest absolute Gasteiger partial charge is 0.254 e. The number of methoxy groups -OCH3 is 1. The number of carbonyl (C=O) groups is 1. The van der Waals surface area contributed by atoms with Gasteiger partial charge in [0.15, 0.2) is 0 Å². The van der Waals surface area contributed by atoms with Crippen molar-refractivity contribution < 1.29 is 9.53 Å². The highest BCUT2D eigenvalue weighted by atomic mass is 16.5. The van der Waals surface area contributed by atoms with Crippen LogP contribution in [0.25, 0.3) is 0 Å². The van der Waals surface area contributed by atoms with Gasteiger partial charge >= 0.3 is 0 Å². The van der Waals surface area contributed by atoms with E-state index in [0.717, 1.165) is 5.69 Å². The molecule has 0 fully saturated rings. The zero-order valence-corrected chi connectivity index (χ0v) is 10.0. The molecule has 1 aromatic heterocycles. The van der Waals surface area contributed by atoms with Gasteiger partial charge in [-0.3, -0.25) is 14.8 Å². The summed E-state index contributed by atoms with van der Waals surface area (Å²) in [6.45, 7) is 0.768. The molecule has 0 bridgehead atoms. The maximum absolute atomic E-state index is 11.5. The molecule has 94 valence electrons. The fraction of sp³-hybridized carbons (Fsp3) is 0.333. The molecule has 18 heavy (non-hydrogen) atoms. The molecule has 0 aromatic carbocycles. The summed E-state index contributed by atoms with van der Waals surface area (Å²) in [6, 6.07) is 5.63. The molecule has 0 spiro atoms. The Balaban J connectivity index is 1.96. The first kappa shape index (κ1) is 12.4. The minimum atomic E-state index is -0.436. The van der Waals surface area contributed by atoms with Crippen molar-refractivity contribution in [2.75, 3.05) is 13.7 Å². The van der Waals surface area contributed by atoms with Crippen LogP contribution in [-0.4, -0.2) is 36.5 Å². The zero-order valence-electron chi connectivity index (χ0n) is 10.0. The van der Waals surface area contributed by atoms with Gasteiger partial charge in [0.1, 0.15) is 5.92 Å². The van der Waals surface area contributed by atoms with Crippen molar-refractivity contribution in [2.45, 2.75) is 6.54 Å². The summed E-state index contributed by atoms with van der Waals surface area (Å²) in [4.78, 5) is 19.9. The van der Waals surface area contributed by atoms with Crippen LogP contribution >= 0.6 is 0 Å². The lowest BCUT2D eigenvalue weighted by Gasteiger charge is -2.03. The van der Waals surface area contributed by atoms with Crippen molar-refractivity contribution in [2.24, 2.45) is 16.0 Å². The molecule has 1 aliphatic heterocycles. The summed E-state index contributed by atoms with van der Waals surface area (Å²) < 4.78 is 4.97. The number of pyridine rings is 1. The largest absolute Gasteiger partial charge is 0.379 e. The third kappa shape index (κ3) is 2.98. The van der Waals surface area contributed by atoms with E-state index in [2.05, 4.69) is 20.5 Å². The van der Waals surface area contributed by atoms with Crippen LogP contribution in [0.5, 0.6) is 0 Å². The number of aliphatic imine (C=N–C) groups is 1. The molecule has 1 amide bonds. The van der Waals surface area contributed by atoms with Gasteiger partial charge in [0.05, 0.1) is 24.6 Å². The Labute approximate surface area is 105 Å². The van der Waals surface area contributed by atoms with E-state index in [-0.39, 0.29) is 5.91 Å². The predicted molar refractivity (Wildman–Crippen MR) is 67.4 cm³/mol. The molecule has 0 saturated heterocycles. The number of ether oxygens (including phenoxy) is 1. The van der Waals surface area contributed by atoms with E-state index in [4.69, 9.17) is 4.74 Å². The number of hydrazone groups is 1. The lowest BCUT2D eigenvalue weighted by Crippen LogP contribution is -2.26.